The Labute approximate surface area is 126 Å². The zero-order chi connectivity index (χ0) is 14.7. The van der Waals surface area contributed by atoms with E-state index in [-0.39, 0.29) is 6.61 Å². The van der Waals surface area contributed by atoms with Crippen molar-refractivity contribution in [2.45, 2.75) is 0 Å². The molecule has 3 aromatic rings. The van der Waals surface area contributed by atoms with Crippen LogP contribution in [0.25, 0.3) is 20.8 Å². The molecule has 0 unspecified atom stereocenters. The van der Waals surface area contributed by atoms with E-state index < -0.39 is 0 Å². The van der Waals surface area contributed by atoms with Gasteiger partial charge in [-0.3, -0.25) is 0 Å². The fourth-order valence-corrected chi connectivity index (χ4v) is 2.99. The number of rotatable bonds is 4. The first-order valence-corrected chi connectivity index (χ1v) is 7.17. The van der Waals surface area contributed by atoms with E-state index in [9.17, 15) is 0 Å². The minimum Gasteiger partial charge on any atom is -0.493 e. The topological polar surface area (TPSA) is 55.1 Å². The van der Waals surface area contributed by atoms with Crippen LogP contribution < -0.4 is 9.47 Å². The van der Waals surface area contributed by atoms with Gasteiger partial charge in [0.2, 0.25) is 0 Å². The molecule has 4 nitrogen and oxygen atoms in total. The van der Waals surface area contributed by atoms with E-state index in [1.165, 1.54) is 0 Å². The first-order valence-electron chi connectivity index (χ1n) is 6.35. The summed E-state index contributed by atoms with van der Waals surface area (Å²) >= 11 is 1.63. The molecule has 0 bridgehead atoms. The standard InChI is InChI=1S/C16H12N2O2S/c1-19-14-10-11(6-7-13(14)20-9-8-17)16-18-12-4-2-3-5-15(12)21-16/h2-7,10H,9H2,1H3. The highest BCUT2D eigenvalue weighted by Gasteiger charge is 2.10. The van der Waals surface area contributed by atoms with Crippen molar-refractivity contribution in [2.75, 3.05) is 13.7 Å². The Balaban J connectivity index is 2.00. The van der Waals surface area contributed by atoms with Gasteiger partial charge < -0.3 is 9.47 Å². The molecular weight excluding hydrogens is 284 g/mol. The summed E-state index contributed by atoms with van der Waals surface area (Å²) in [5.41, 5.74) is 1.96. The molecule has 0 amide bonds. The maximum atomic E-state index is 8.58. The number of nitrogens with zero attached hydrogens (tertiary/aromatic N) is 2. The molecule has 0 saturated carbocycles. The Morgan fingerprint density at radius 1 is 1.19 bits per heavy atom. The minimum atomic E-state index is -0.00313. The van der Waals surface area contributed by atoms with Crippen molar-refractivity contribution in [2.24, 2.45) is 0 Å². The van der Waals surface area contributed by atoms with Gasteiger partial charge in [0.25, 0.3) is 0 Å². The van der Waals surface area contributed by atoms with Gasteiger partial charge in [-0.2, -0.15) is 5.26 Å². The third-order valence-electron chi connectivity index (χ3n) is 3.00. The van der Waals surface area contributed by atoms with Crippen LogP contribution in [0.3, 0.4) is 0 Å². The van der Waals surface area contributed by atoms with Crippen molar-refractivity contribution >= 4 is 21.6 Å². The Hall–Kier alpha value is -2.58. The number of fused-ring (bicyclic) bond motifs is 1. The van der Waals surface area contributed by atoms with Crippen LogP contribution in [0.2, 0.25) is 0 Å². The van der Waals surface area contributed by atoms with Crippen LogP contribution in [0.15, 0.2) is 42.5 Å². The van der Waals surface area contributed by atoms with E-state index in [0.29, 0.717) is 11.5 Å². The predicted octanol–water partition coefficient (Wildman–Crippen LogP) is 3.87. The summed E-state index contributed by atoms with van der Waals surface area (Å²) in [6.07, 6.45) is 0. The second-order valence-corrected chi connectivity index (χ2v) is 5.33. The molecule has 0 saturated heterocycles. The van der Waals surface area contributed by atoms with Gasteiger partial charge in [0.05, 0.1) is 17.3 Å². The largest absolute Gasteiger partial charge is 0.493 e. The zero-order valence-electron chi connectivity index (χ0n) is 11.4. The lowest BCUT2D eigenvalue weighted by molar-refractivity contribution is 0.330. The van der Waals surface area contributed by atoms with Crippen molar-refractivity contribution < 1.29 is 9.47 Å². The van der Waals surface area contributed by atoms with Gasteiger partial charge >= 0.3 is 0 Å². The summed E-state index contributed by atoms with van der Waals surface area (Å²) in [4.78, 5) is 4.62. The average Bonchev–Trinajstić information content (AvgIpc) is 2.96. The molecule has 0 radical (unpaired) electrons. The number of hydrogen-bond donors (Lipinski definition) is 0. The molecule has 0 spiro atoms. The van der Waals surface area contributed by atoms with Crippen LogP contribution in [0.5, 0.6) is 11.5 Å². The molecule has 5 heteroatoms. The average molecular weight is 296 g/mol. The summed E-state index contributed by atoms with van der Waals surface area (Å²) in [5, 5.41) is 9.51. The summed E-state index contributed by atoms with van der Waals surface area (Å²) in [6, 6.07) is 15.6. The highest BCUT2D eigenvalue weighted by atomic mass is 32.1. The van der Waals surface area contributed by atoms with E-state index in [1.807, 2.05) is 36.4 Å². The quantitative estimate of drug-likeness (QED) is 0.733. The van der Waals surface area contributed by atoms with Crippen molar-refractivity contribution in [3.63, 3.8) is 0 Å². The number of methoxy groups -OCH3 is 1. The molecule has 0 aliphatic rings. The Morgan fingerprint density at radius 2 is 2.05 bits per heavy atom. The molecule has 0 atom stereocenters. The van der Waals surface area contributed by atoms with Gasteiger partial charge in [-0.25, -0.2) is 4.98 Å². The van der Waals surface area contributed by atoms with Gasteiger partial charge in [0.15, 0.2) is 18.1 Å². The lowest BCUT2D eigenvalue weighted by atomic mass is 10.2. The van der Waals surface area contributed by atoms with Crippen molar-refractivity contribution in [3.05, 3.63) is 42.5 Å². The molecular formula is C16H12N2O2S. The number of thiazole rings is 1. The summed E-state index contributed by atoms with van der Waals surface area (Å²) in [6.45, 7) is -0.00313. The zero-order valence-corrected chi connectivity index (χ0v) is 12.2. The predicted molar refractivity (Wildman–Crippen MR) is 82.7 cm³/mol. The van der Waals surface area contributed by atoms with E-state index in [4.69, 9.17) is 14.7 Å². The molecule has 0 aliphatic heterocycles. The summed E-state index contributed by atoms with van der Waals surface area (Å²) < 4.78 is 11.8. The fraction of sp³-hybridized carbons (Fsp3) is 0.125. The van der Waals surface area contributed by atoms with Crippen LogP contribution in [0.4, 0.5) is 0 Å². The second kappa shape index (κ2) is 5.81. The van der Waals surface area contributed by atoms with Crippen molar-refractivity contribution in [1.82, 2.24) is 4.98 Å². The van der Waals surface area contributed by atoms with Crippen LogP contribution in [-0.4, -0.2) is 18.7 Å². The Kier molecular flexibility index (Phi) is 3.71. The number of benzene rings is 2. The Bertz CT molecular complexity index is 788. The molecule has 1 heterocycles. The Morgan fingerprint density at radius 3 is 2.81 bits per heavy atom. The van der Waals surface area contributed by atoms with Gasteiger partial charge in [-0.15, -0.1) is 11.3 Å². The number of ether oxygens (including phenoxy) is 2. The van der Waals surface area contributed by atoms with E-state index in [1.54, 1.807) is 24.5 Å². The number of aromatic nitrogens is 1. The minimum absolute atomic E-state index is 0.00313. The first kappa shape index (κ1) is 13.4. The molecule has 3 rings (SSSR count). The van der Waals surface area contributed by atoms with Gasteiger partial charge in [0, 0.05) is 5.56 Å². The summed E-state index contributed by atoms with van der Waals surface area (Å²) in [7, 11) is 1.58. The van der Waals surface area contributed by atoms with Crippen LogP contribution in [-0.2, 0) is 0 Å². The lowest BCUT2D eigenvalue weighted by Gasteiger charge is -2.09. The third-order valence-corrected chi connectivity index (χ3v) is 4.08. The molecule has 0 aliphatic carbocycles. The summed E-state index contributed by atoms with van der Waals surface area (Å²) in [5.74, 6) is 1.16. The normalized spacial score (nSPS) is 10.3. The molecule has 2 aromatic carbocycles. The maximum Gasteiger partial charge on any atom is 0.174 e. The number of para-hydroxylation sites is 1. The van der Waals surface area contributed by atoms with Crippen molar-refractivity contribution in [1.29, 1.82) is 5.26 Å². The van der Waals surface area contributed by atoms with Crippen LogP contribution in [0, 0.1) is 11.3 Å². The molecule has 104 valence electrons. The highest BCUT2D eigenvalue weighted by Crippen LogP contribution is 2.35. The molecule has 21 heavy (non-hydrogen) atoms. The molecule has 0 fully saturated rings. The SMILES string of the molecule is COc1cc(-c2nc3ccccc3s2)ccc1OCC#N. The number of nitriles is 1. The second-order valence-electron chi connectivity index (χ2n) is 4.30. The van der Waals surface area contributed by atoms with E-state index in [2.05, 4.69) is 11.1 Å². The molecule has 1 aromatic heterocycles. The monoisotopic (exact) mass is 296 g/mol. The fourth-order valence-electron chi connectivity index (χ4n) is 2.03. The number of hydrogen-bond acceptors (Lipinski definition) is 5. The van der Waals surface area contributed by atoms with Gasteiger partial charge in [0.1, 0.15) is 11.1 Å². The maximum absolute atomic E-state index is 8.58. The smallest absolute Gasteiger partial charge is 0.174 e. The van der Waals surface area contributed by atoms with Gasteiger partial charge in [-0.05, 0) is 30.3 Å². The lowest BCUT2D eigenvalue weighted by Crippen LogP contribution is -1.96. The van der Waals surface area contributed by atoms with Crippen molar-refractivity contribution in [3.8, 4) is 28.1 Å². The van der Waals surface area contributed by atoms with E-state index >= 15 is 0 Å². The first-order chi connectivity index (χ1) is 10.3. The highest BCUT2D eigenvalue weighted by molar-refractivity contribution is 7.21. The van der Waals surface area contributed by atoms with E-state index in [0.717, 1.165) is 20.8 Å². The molecule has 0 N–H and O–H groups in total. The van der Waals surface area contributed by atoms with Crippen LogP contribution >= 0.6 is 11.3 Å². The third kappa shape index (κ3) is 2.67. The van der Waals surface area contributed by atoms with Crippen LogP contribution in [0.1, 0.15) is 0 Å². The van der Waals surface area contributed by atoms with Gasteiger partial charge in [-0.1, -0.05) is 12.1 Å².